The summed E-state index contributed by atoms with van der Waals surface area (Å²) >= 11 is 21.3. The van der Waals surface area contributed by atoms with Crippen molar-refractivity contribution >= 4 is 142 Å². The molecule has 22 heavy (non-hydrogen) atoms. The van der Waals surface area contributed by atoms with Crippen LogP contribution in [0.25, 0.3) is 0 Å². The summed E-state index contributed by atoms with van der Waals surface area (Å²) in [5, 5.41) is 0. The van der Waals surface area contributed by atoms with Crippen LogP contribution in [0.4, 0.5) is 0 Å². The Morgan fingerprint density at radius 1 is 0.455 bits per heavy atom. The maximum Gasteiger partial charge on any atom is 3.00 e. The molecule has 0 heterocycles. The van der Waals surface area contributed by atoms with Gasteiger partial charge in [-0.05, 0) is 0 Å². The van der Waals surface area contributed by atoms with Gasteiger partial charge in [0.25, 0.3) is 41.2 Å². The van der Waals surface area contributed by atoms with Crippen molar-refractivity contribution < 1.29 is 95.7 Å². The van der Waals surface area contributed by atoms with Gasteiger partial charge in [-0.15, -0.1) is 55.4 Å². The van der Waals surface area contributed by atoms with Crippen molar-refractivity contribution in [2.45, 2.75) is 0 Å². The summed E-state index contributed by atoms with van der Waals surface area (Å²) in [5.41, 5.74) is 0. The third kappa shape index (κ3) is 930. The fourth-order valence-electron chi connectivity index (χ4n) is 0. The molecular formula is Cl5EuO10Si5Sr. The number of hydrogen-bond donors (Lipinski definition) is 0. The molecular weight excluding hydrogens is 717 g/mol. The molecule has 124 valence electrons. The Morgan fingerprint density at radius 3 is 0.455 bits per heavy atom. The van der Waals surface area contributed by atoms with Gasteiger partial charge in [-0.2, -0.15) is 0 Å². The van der Waals surface area contributed by atoms with Crippen LogP contribution in [-0.4, -0.2) is 86.7 Å². The molecule has 0 unspecified atom stereocenters. The molecule has 0 N–H and O–H groups in total. The molecule has 22 heteroatoms. The molecule has 0 rings (SSSR count). The Hall–Kier alpha value is 3.60. The maximum atomic E-state index is 8.84. The second-order valence-corrected chi connectivity index (χ2v) is 8.19. The SMILES string of the molecule is O=[Si]([O-])Cl.O=[Si]([O-])Cl.O=[Si]([O-])Cl.O=[Si]([O-])Cl.O=[Si]([O-])Cl.[Eu+3].[Sr+2]. The van der Waals surface area contributed by atoms with Crippen LogP contribution in [0.3, 0.4) is 0 Å². The molecule has 0 bridgehead atoms. The summed E-state index contributed by atoms with van der Waals surface area (Å²) in [7, 11) is -14.5. The van der Waals surface area contributed by atoms with Crippen LogP contribution in [0.2, 0.25) is 0 Å². The molecule has 10 nitrogen and oxygen atoms in total. The van der Waals surface area contributed by atoms with E-state index >= 15 is 0 Å². The molecule has 0 fully saturated rings. The summed E-state index contributed by atoms with van der Waals surface area (Å²) in [6, 6.07) is 0. The molecule has 0 aliphatic heterocycles. The average Bonchev–Trinajstić information content (AvgIpc) is 1.94. The van der Waals surface area contributed by atoms with Gasteiger partial charge in [0.2, 0.25) is 0 Å². The second kappa shape index (κ2) is 39.6. The molecule has 0 atom stereocenters. The Kier molecular flexibility index (Phi) is 80.6. The van der Waals surface area contributed by atoms with Crippen LogP contribution in [0.1, 0.15) is 0 Å². The fraction of sp³-hybridized carbons (Fsp3) is 0. The van der Waals surface area contributed by atoms with Crippen LogP contribution in [0, 0.1) is 49.4 Å². The number of hydrogen-bond acceptors (Lipinski definition) is 10. The van der Waals surface area contributed by atoms with E-state index in [1.807, 2.05) is 0 Å². The van der Waals surface area contributed by atoms with Crippen molar-refractivity contribution in [1.82, 2.24) is 0 Å². The minimum absolute atomic E-state index is 0. The van der Waals surface area contributed by atoms with Gasteiger partial charge in [0.15, 0.2) is 0 Å². The van der Waals surface area contributed by atoms with Crippen LogP contribution in [0.5, 0.6) is 0 Å². The Morgan fingerprint density at radius 2 is 0.455 bits per heavy atom. The van der Waals surface area contributed by atoms with Gasteiger partial charge < -0.3 is 46.3 Å². The van der Waals surface area contributed by atoms with Crippen molar-refractivity contribution in [2.24, 2.45) is 0 Å². The summed E-state index contributed by atoms with van der Waals surface area (Å²) in [5.74, 6) is 0. The first-order chi connectivity index (χ1) is 8.66. The largest absolute Gasteiger partial charge is 3.00 e. The molecule has 0 aromatic heterocycles. The third-order valence-corrected chi connectivity index (χ3v) is 0. The van der Waals surface area contributed by atoms with Crippen molar-refractivity contribution in [3.05, 3.63) is 0 Å². The second-order valence-electron chi connectivity index (χ2n) is 1.19. The quantitative estimate of drug-likeness (QED) is 0.172. The molecule has 0 aliphatic rings. The predicted octanol–water partition coefficient (Wildman–Crippen LogP) is -5.38. The van der Waals surface area contributed by atoms with Crippen molar-refractivity contribution in [3.63, 3.8) is 0 Å². The first-order valence-corrected chi connectivity index (χ1v) is 14.6. The molecule has 0 aromatic rings. The summed E-state index contributed by atoms with van der Waals surface area (Å²) in [4.78, 5) is 44.2. The molecule has 0 saturated heterocycles. The zero-order valence-corrected chi connectivity index (χ0v) is 24.2. The predicted molar refractivity (Wildman–Crippen MR) is 67.2 cm³/mol. The first-order valence-electron chi connectivity index (χ1n) is 2.99. The van der Waals surface area contributed by atoms with E-state index in [0.29, 0.717) is 0 Å². The monoisotopic (exact) mass is 716 g/mol. The van der Waals surface area contributed by atoms with E-state index in [4.69, 9.17) is 46.3 Å². The van der Waals surface area contributed by atoms with E-state index in [-0.39, 0.29) is 94.9 Å². The van der Waals surface area contributed by atoms with Crippen LogP contribution >= 0.6 is 55.4 Å². The van der Waals surface area contributed by atoms with E-state index in [1.165, 1.54) is 0 Å². The Bertz CT molecular complexity index is 226. The molecule has 0 aliphatic carbocycles. The van der Waals surface area contributed by atoms with Gasteiger partial charge in [0, 0.05) is 0 Å². The minimum Gasteiger partial charge on any atom is -0.572 e. The van der Waals surface area contributed by atoms with Gasteiger partial charge >= 0.3 is 94.9 Å². The van der Waals surface area contributed by atoms with Gasteiger partial charge in [0.05, 0.1) is 0 Å². The molecule has 0 spiro atoms. The topological polar surface area (TPSA) is 201 Å². The number of halogens is 5. The summed E-state index contributed by atoms with van der Waals surface area (Å²) < 4.78 is 44.2. The Labute approximate surface area is 232 Å². The number of rotatable bonds is 0. The molecule has 0 radical (unpaired) electrons. The normalized spacial score (nSPS) is 5.68. The van der Waals surface area contributed by atoms with Gasteiger partial charge in [-0.3, -0.25) is 0 Å². The third-order valence-electron chi connectivity index (χ3n) is 0. The summed E-state index contributed by atoms with van der Waals surface area (Å²) in [6.45, 7) is 0. The van der Waals surface area contributed by atoms with E-state index < -0.39 is 41.2 Å². The minimum atomic E-state index is -2.91. The standard InChI is InChI=1S/5ClO2Si.Eu.Sr/c5*1-4(2)3;;/q5*-1;+3;+2. The first kappa shape index (κ1) is 44.8. The van der Waals surface area contributed by atoms with Crippen molar-refractivity contribution in [2.75, 3.05) is 0 Å². The average molecular weight is 717 g/mol. The van der Waals surface area contributed by atoms with E-state index in [2.05, 4.69) is 55.4 Å². The fourth-order valence-corrected chi connectivity index (χ4v) is 0. The maximum absolute atomic E-state index is 8.84. The summed E-state index contributed by atoms with van der Waals surface area (Å²) in [6.07, 6.45) is 0. The van der Waals surface area contributed by atoms with E-state index in [1.54, 1.807) is 0 Å². The van der Waals surface area contributed by atoms with Crippen molar-refractivity contribution in [3.8, 4) is 0 Å². The van der Waals surface area contributed by atoms with Gasteiger partial charge in [0.1, 0.15) is 0 Å². The van der Waals surface area contributed by atoms with Crippen LogP contribution in [-0.2, 0) is 22.3 Å². The molecule has 0 amide bonds. The van der Waals surface area contributed by atoms with E-state index in [0.717, 1.165) is 0 Å². The smallest absolute Gasteiger partial charge is 0.572 e. The van der Waals surface area contributed by atoms with Gasteiger partial charge in [-0.25, -0.2) is 0 Å². The molecule has 0 aromatic carbocycles. The zero-order chi connectivity index (χ0) is 17.9. The Balaban J connectivity index is -0.0000000250. The van der Waals surface area contributed by atoms with Crippen molar-refractivity contribution in [1.29, 1.82) is 0 Å². The van der Waals surface area contributed by atoms with Crippen LogP contribution in [0.15, 0.2) is 0 Å². The van der Waals surface area contributed by atoms with E-state index in [9.17, 15) is 0 Å². The molecule has 0 saturated carbocycles. The zero-order valence-electron chi connectivity index (χ0n) is 9.56. The van der Waals surface area contributed by atoms with Gasteiger partial charge in [-0.1, -0.05) is 0 Å². The van der Waals surface area contributed by atoms with Crippen LogP contribution < -0.4 is 24.0 Å².